The van der Waals surface area contributed by atoms with Gasteiger partial charge in [0, 0.05) is 6.54 Å². The molecule has 1 fully saturated rings. The molecule has 1 aliphatic heterocycles. The fourth-order valence-corrected chi connectivity index (χ4v) is 2.07. The van der Waals surface area contributed by atoms with Gasteiger partial charge in [0.15, 0.2) is 0 Å². The van der Waals surface area contributed by atoms with Crippen LogP contribution >= 0.6 is 0 Å². The van der Waals surface area contributed by atoms with Crippen LogP contribution in [0.3, 0.4) is 0 Å². The van der Waals surface area contributed by atoms with Crippen molar-refractivity contribution in [2.75, 3.05) is 32.7 Å². The van der Waals surface area contributed by atoms with E-state index >= 15 is 0 Å². The molecule has 0 aromatic heterocycles. The van der Waals surface area contributed by atoms with Crippen molar-refractivity contribution in [3.05, 3.63) is 0 Å². The van der Waals surface area contributed by atoms with E-state index in [-0.39, 0.29) is 5.91 Å². The third-order valence-electron chi connectivity index (χ3n) is 2.89. The van der Waals surface area contributed by atoms with Gasteiger partial charge in [0.1, 0.15) is 0 Å². The number of amides is 1. The minimum absolute atomic E-state index is 0.211. The molecule has 1 saturated heterocycles. The van der Waals surface area contributed by atoms with Gasteiger partial charge >= 0.3 is 0 Å². The van der Waals surface area contributed by atoms with E-state index < -0.39 is 0 Å². The quantitative estimate of drug-likeness (QED) is 0.634. The highest BCUT2D eigenvalue weighted by Gasteiger charge is 2.18. The maximum atomic E-state index is 10.9. The number of nitrogens with one attached hydrogen (secondary N) is 1. The molecule has 1 aliphatic rings. The fraction of sp³-hybridized carbons (Fsp3) is 0.909. The lowest BCUT2D eigenvalue weighted by Gasteiger charge is -2.23. The van der Waals surface area contributed by atoms with Crippen LogP contribution in [0.4, 0.5) is 0 Å². The maximum absolute atomic E-state index is 10.9. The van der Waals surface area contributed by atoms with Gasteiger partial charge in [0.25, 0.3) is 0 Å². The Labute approximate surface area is 92.2 Å². The Morgan fingerprint density at radius 3 is 2.93 bits per heavy atom. The molecular weight excluding hydrogens is 190 g/mol. The molecule has 3 N–H and O–H groups in total. The summed E-state index contributed by atoms with van der Waals surface area (Å²) in [6, 6.07) is 0. The van der Waals surface area contributed by atoms with Gasteiger partial charge in [0.2, 0.25) is 5.91 Å². The van der Waals surface area contributed by atoms with E-state index in [2.05, 4.69) is 17.1 Å². The minimum atomic E-state index is -0.211. The maximum Gasteiger partial charge on any atom is 0.231 e. The average molecular weight is 213 g/mol. The van der Waals surface area contributed by atoms with E-state index in [1.54, 1.807) is 0 Å². The van der Waals surface area contributed by atoms with Crippen LogP contribution in [0.1, 0.15) is 26.2 Å². The molecule has 1 rings (SSSR count). The Morgan fingerprint density at radius 2 is 2.40 bits per heavy atom. The first-order chi connectivity index (χ1) is 7.22. The van der Waals surface area contributed by atoms with Gasteiger partial charge < -0.3 is 11.1 Å². The zero-order valence-electron chi connectivity index (χ0n) is 9.67. The monoisotopic (exact) mass is 213 g/mol. The third kappa shape index (κ3) is 5.14. The molecule has 0 aliphatic carbocycles. The number of nitrogens with two attached hydrogens (primary N) is 1. The van der Waals surface area contributed by atoms with Crippen molar-refractivity contribution in [3.8, 4) is 0 Å². The summed E-state index contributed by atoms with van der Waals surface area (Å²) >= 11 is 0. The van der Waals surface area contributed by atoms with Gasteiger partial charge in [-0.2, -0.15) is 0 Å². The largest absolute Gasteiger partial charge is 0.369 e. The van der Waals surface area contributed by atoms with E-state index in [0.29, 0.717) is 12.5 Å². The molecule has 1 amide bonds. The molecule has 0 saturated carbocycles. The Bertz CT molecular complexity index is 190. The van der Waals surface area contributed by atoms with E-state index in [9.17, 15) is 4.79 Å². The number of nitrogens with zero attached hydrogens (tertiary/aromatic N) is 1. The van der Waals surface area contributed by atoms with Crippen molar-refractivity contribution >= 4 is 5.91 Å². The number of carbonyl (C=O) groups is 1. The SMILES string of the molecule is CCCCN(CC(N)=O)CC1CCNC1. The second-order valence-corrected chi connectivity index (χ2v) is 4.41. The van der Waals surface area contributed by atoms with Gasteiger partial charge in [-0.3, -0.25) is 9.69 Å². The first-order valence-electron chi connectivity index (χ1n) is 5.93. The van der Waals surface area contributed by atoms with E-state index in [4.69, 9.17) is 5.73 Å². The average Bonchev–Trinajstić information content (AvgIpc) is 2.66. The number of primary amides is 1. The summed E-state index contributed by atoms with van der Waals surface area (Å²) in [4.78, 5) is 13.1. The number of unbranched alkanes of at least 4 members (excludes halogenated alkanes) is 1. The van der Waals surface area contributed by atoms with Crippen molar-refractivity contribution in [1.29, 1.82) is 0 Å². The molecule has 0 bridgehead atoms. The molecule has 0 spiro atoms. The standard InChI is InChI=1S/C11H23N3O/c1-2-3-6-14(9-11(12)15)8-10-4-5-13-7-10/h10,13H,2-9H2,1H3,(H2,12,15). The molecule has 0 aromatic rings. The molecule has 4 heteroatoms. The van der Waals surface area contributed by atoms with Crippen LogP contribution < -0.4 is 11.1 Å². The van der Waals surface area contributed by atoms with E-state index in [0.717, 1.165) is 39.0 Å². The second-order valence-electron chi connectivity index (χ2n) is 4.41. The van der Waals surface area contributed by atoms with Crippen LogP contribution in [0.2, 0.25) is 0 Å². The summed E-state index contributed by atoms with van der Waals surface area (Å²) in [5.41, 5.74) is 5.24. The third-order valence-corrected chi connectivity index (χ3v) is 2.89. The van der Waals surface area contributed by atoms with E-state index in [1.807, 2.05) is 0 Å². The zero-order chi connectivity index (χ0) is 11.1. The highest BCUT2D eigenvalue weighted by Crippen LogP contribution is 2.10. The molecule has 15 heavy (non-hydrogen) atoms. The Hall–Kier alpha value is -0.610. The fourth-order valence-electron chi connectivity index (χ4n) is 2.07. The lowest BCUT2D eigenvalue weighted by atomic mass is 10.1. The van der Waals surface area contributed by atoms with Crippen molar-refractivity contribution in [1.82, 2.24) is 10.2 Å². The molecule has 88 valence electrons. The van der Waals surface area contributed by atoms with Gasteiger partial charge in [-0.15, -0.1) is 0 Å². The summed E-state index contributed by atoms with van der Waals surface area (Å²) in [7, 11) is 0. The number of rotatable bonds is 7. The highest BCUT2D eigenvalue weighted by molar-refractivity contribution is 5.75. The second kappa shape index (κ2) is 6.80. The molecule has 4 nitrogen and oxygen atoms in total. The molecule has 1 heterocycles. The number of hydrogen-bond donors (Lipinski definition) is 2. The van der Waals surface area contributed by atoms with Crippen LogP contribution in [0.5, 0.6) is 0 Å². The van der Waals surface area contributed by atoms with Gasteiger partial charge in [-0.05, 0) is 38.4 Å². The summed E-state index contributed by atoms with van der Waals surface area (Å²) < 4.78 is 0. The summed E-state index contributed by atoms with van der Waals surface area (Å²) in [5.74, 6) is 0.485. The Balaban J connectivity index is 2.29. The van der Waals surface area contributed by atoms with Gasteiger partial charge in [-0.25, -0.2) is 0 Å². The number of carbonyl (C=O) groups excluding carboxylic acids is 1. The summed E-state index contributed by atoms with van der Waals surface area (Å²) in [5, 5.41) is 3.34. The predicted molar refractivity (Wildman–Crippen MR) is 61.5 cm³/mol. The predicted octanol–water partition coefficient (Wildman–Crippen LogP) is 0.183. The van der Waals surface area contributed by atoms with Crippen molar-refractivity contribution in [3.63, 3.8) is 0 Å². The lowest BCUT2D eigenvalue weighted by molar-refractivity contribution is -0.119. The first kappa shape index (κ1) is 12.5. The van der Waals surface area contributed by atoms with Crippen LogP contribution in [-0.2, 0) is 4.79 Å². The smallest absolute Gasteiger partial charge is 0.231 e. The molecular formula is C11H23N3O. The topological polar surface area (TPSA) is 58.4 Å². The van der Waals surface area contributed by atoms with Gasteiger partial charge in [0.05, 0.1) is 6.54 Å². The first-order valence-corrected chi connectivity index (χ1v) is 5.93. The van der Waals surface area contributed by atoms with Crippen LogP contribution in [0, 0.1) is 5.92 Å². The molecule has 1 atom stereocenters. The lowest BCUT2D eigenvalue weighted by Crippen LogP contribution is -2.38. The minimum Gasteiger partial charge on any atom is -0.369 e. The summed E-state index contributed by atoms with van der Waals surface area (Å²) in [6.07, 6.45) is 3.53. The van der Waals surface area contributed by atoms with Crippen molar-refractivity contribution in [2.24, 2.45) is 11.7 Å². The number of hydrogen-bond acceptors (Lipinski definition) is 3. The molecule has 1 unspecified atom stereocenters. The normalized spacial score (nSPS) is 21.1. The summed E-state index contributed by atoms with van der Waals surface area (Å²) in [6.45, 7) is 6.78. The van der Waals surface area contributed by atoms with E-state index in [1.165, 1.54) is 6.42 Å². The van der Waals surface area contributed by atoms with Gasteiger partial charge in [-0.1, -0.05) is 13.3 Å². The zero-order valence-corrected chi connectivity index (χ0v) is 9.67. The highest BCUT2D eigenvalue weighted by atomic mass is 16.1. The van der Waals surface area contributed by atoms with Crippen molar-refractivity contribution < 1.29 is 4.79 Å². The molecule has 0 aromatic carbocycles. The Kier molecular flexibility index (Phi) is 5.65. The van der Waals surface area contributed by atoms with Crippen LogP contribution in [-0.4, -0.2) is 43.5 Å². The van der Waals surface area contributed by atoms with Crippen LogP contribution in [0.15, 0.2) is 0 Å². The van der Waals surface area contributed by atoms with Crippen LogP contribution in [0.25, 0.3) is 0 Å². The Morgan fingerprint density at radius 1 is 1.60 bits per heavy atom. The van der Waals surface area contributed by atoms with Crippen molar-refractivity contribution in [2.45, 2.75) is 26.2 Å². The molecule has 0 radical (unpaired) electrons.